The lowest BCUT2D eigenvalue weighted by molar-refractivity contribution is 0.771. The fraction of sp³-hybridized carbons (Fsp3) is 0.364. The highest BCUT2D eigenvalue weighted by Gasteiger charge is 1.94. The third-order valence-electron chi connectivity index (χ3n) is 1.78. The van der Waals surface area contributed by atoms with Crippen molar-refractivity contribution in [1.29, 1.82) is 0 Å². The molecular formula is C11H15N3. The molecule has 0 amide bonds. The highest BCUT2D eigenvalue weighted by molar-refractivity contribution is 5.44. The van der Waals surface area contributed by atoms with E-state index in [1.165, 1.54) is 0 Å². The molecule has 0 aliphatic rings. The number of nitrogens with two attached hydrogens (primary N) is 2. The molecule has 0 saturated carbocycles. The monoisotopic (exact) mass is 189 g/mol. The Morgan fingerprint density at radius 2 is 2.29 bits per heavy atom. The number of pyridine rings is 1. The van der Waals surface area contributed by atoms with Gasteiger partial charge in [-0.05, 0) is 25.5 Å². The van der Waals surface area contributed by atoms with E-state index in [1.54, 1.807) is 6.20 Å². The van der Waals surface area contributed by atoms with E-state index in [-0.39, 0.29) is 6.04 Å². The van der Waals surface area contributed by atoms with Crippen LogP contribution in [-0.4, -0.2) is 11.0 Å². The predicted molar refractivity (Wildman–Crippen MR) is 58.5 cm³/mol. The number of hydrogen-bond donors (Lipinski definition) is 2. The van der Waals surface area contributed by atoms with Crippen LogP contribution < -0.4 is 11.5 Å². The van der Waals surface area contributed by atoms with E-state index in [0.717, 1.165) is 11.1 Å². The molecular weight excluding hydrogens is 174 g/mol. The zero-order valence-corrected chi connectivity index (χ0v) is 8.54. The third kappa shape index (κ3) is 3.08. The first-order valence-corrected chi connectivity index (χ1v) is 4.56. The summed E-state index contributed by atoms with van der Waals surface area (Å²) in [6, 6.07) is 2.04. The van der Waals surface area contributed by atoms with Gasteiger partial charge in [-0.1, -0.05) is 11.8 Å². The van der Waals surface area contributed by atoms with Crippen molar-refractivity contribution in [1.82, 2.24) is 4.98 Å². The van der Waals surface area contributed by atoms with Crippen molar-refractivity contribution < 1.29 is 0 Å². The SMILES string of the molecule is Cc1cc(C#CC[C@H](C)N)cnc1N. The molecule has 3 nitrogen and oxygen atoms in total. The fourth-order valence-electron chi connectivity index (χ4n) is 0.968. The van der Waals surface area contributed by atoms with Crippen molar-refractivity contribution in [2.24, 2.45) is 5.73 Å². The minimum Gasteiger partial charge on any atom is -0.383 e. The summed E-state index contributed by atoms with van der Waals surface area (Å²) in [4.78, 5) is 4.02. The normalized spacial score (nSPS) is 11.6. The summed E-state index contributed by atoms with van der Waals surface area (Å²) < 4.78 is 0. The van der Waals surface area contributed by atoms with Gasteiger partial charge in [-0.3, -0.25) is 0 Å². The van der Waals surface area contributed by atoms with Crippen LogP contribution >= 0.6 is 0 Å². The second-order valence-electron chi connectivity index (χ2n) is 3.41. The van der Waals surface area contributed by atoms with Crippen LogP contribution in [0.2, 0.25) is 0 Å². The molecule has 1 heterocycles. The molecule has 74 valence electrons. The Labute approximate surface area is 84.5 Å². The maximum absolute atomic E-state index is 5.59. The molecule has 1 atom stereocenters. The van der Waals surface area contributed by atoms with Gasteiger partial charge in [0, 0.05) is 24.2 Å². The summed E-state index contributed by atoms with van der Waals surface area (Å²) >= 11 is 0. The summed E-state index contributed by atoms with van der Waals surface area (Å²) in [5.74, 6) is 6.55. The fourth-order valence-corrected chi connectivity index (χ4v) is 0.968. The molecule has 0 spiro atoms. The molecule has 0 bridgehead atoms. The van der Waals surface area contributed by atoms with E-state index >= 15 is 0 Å². The van der Waals surface area contributed by atoms with Crippen molar-refractivity contribution in [2.45, 2.75) is 26.3 Å². The lowest BCUT2D eigenvalue weighted by Crippen LogP contribution is -2.12. The summed E-state index contributed by atoms with van der Waals surface area (Å²) in [6.45, 7) is 3.85. The standard InChI is InChI=1S/C11H15N3/c1-8-6-10(7-14-11(8)13)5-3-4-9(2)12/h6-7,9H,4,12H2,1-2H3,(H2,13,14)/t9-/m0/s1. The third-order valence-corrected chi connectivity index (χ3v) is 1.78. The lowest BCUT2D eigenvalue weighted by atomic mass is 10.2. The number of hydrogen-bond acceptors (Lipinski definition) is 3. The molecule has 0 saturated heterocycles. The van der Waals surface area contributed by atoms with Crippen molar-refractivity contribution in [2.75, 3.05) is 5.73 Å². The van der Waals surface area contributed by atoms with Crippen molar-refractivity contribution in [3.63, 3.8) is 0 Å². The zero-order valence-electron chi connectivity index (χ0n) is 8.54. The first-order chi connectivity index (χ1) is 6.59. The quantitative estimate of drug-likeness (QED) is 0.649. The number of nitrogen functional groups attached to an aromatic ring is 1. The molecule has 0 aliphatic carbocycles. The zero-order chi connectivity index (χ0) is 10.6. The molecule has 1 aromatic heterocycles. The second kappa shape index (κ2) is 4.64. The molecule has 3 heteroatoms. The van der Waals surface area contributed by atoms with E-state index in [0.29, 0.717) is 12.2 Å². The van der Waals surface area contributed by atoms with E-state index in [9.17, 15) is 0 Å². The van der Waals surface area contributed by atoms with Crippen molar-refractivity contribution >= 4 is 5.82 Å². The van der Waals surface area contributed by atoms with Crippen LogP contribution in [0.3, 0.4) is 0 Å². The second-order valence-corrected chi connectivity index (χ2v) is 3.41. The Balaban J connectivity index is 2.76. The number of anilines is 1. The van der Waals surface area contributed by atoms with E-state index < -0.39 is 0 Å². The van der Waals surface area contributed by atoms with E-state index in [2.05, 4.69) is 16.8 Å². The molecule has 0 fully saturated rings. The Hall–Kier alpha value is -1.53. The van der Waals surface area contributed by atoms with Gasteiger partial charge in [0.25, 0.3) is 0 Å². The number of aromatic nitrogens is 1. The van der Waals surface area contributed by atoms with Gasteiger partial charge in [0.1, 0.15) is 5.82 Å². The first kappa shape index (κ1) is 10.6. The summed E-state index contributed by atoms with van der Waals surface area (Å²) in [6.07, 6.45) is 2.37. The van der Waals surface area contributed by atoms with Gasteiger partial charge in [-0.15, -0.1) is 0 Å². The first-order valence-electron chi connectivity index (χ1n) is 4.56. The largest absolute Gasteiger partial charge is 0.383 e. The number of nitrogens with zero attached hydrogens (tertiary/aromatic N) is 1. The van der Waals surface area contributed by atoms with Gasteiger partial charge in [0.05, 0.1) is 0 Å². The molecule has 0 aromatic carbocycles. The molecule has 4 N–H and O–H groups in total. The van der Waals surface area contributed by atoms with Gasteiger partial charge in [-0.2, -0.15) is 0 Å². The van der Waals surface area contributed by atoms with Gasteiger partial charge in [0.2, 0.25) is 0 Å². The molecule has 0 aliphatic heterocycles. The molecule has 0 unspecified atom stereocenters. The average Bonchev–Trinajstić information content (AvgIpc) is 2.10. The predicted octanol–water partition coefficient (Wildman–Crippen LogP) is 1.06. The van der Waals surface area contributed by atoms with Gasteiger partial charge >= 0.3 is 0 Å². The van der Waals surface area contributed by atoms with E-state index in [4.69, 9.17) is 11.5 Å². The smallest absolute Gasteiger partial charge is 0.126 e. The topological polar surface area (TPSA) is 64.9 Å². The highest BCUT2D eigenvalue weighted by atomic mass is 14.8. The van der Waals surface area contributed by atoms with Crippen LogP contribution in [0.15, 0.2) is 12.3 Å². The van der Waals surface area contributed by atoms with Crippen LogP contribution in [0.5, 0.6) is 0 Å². The maximum atomic E-state index is 5.59. The van der Waals surface area contributed by atoms with Gasteiger partial charge in [0.15, 0.2) is 0 Å². The number of rotatable bonds is 1. The van der Waals surface area contributed by atoms with Crippen LogP contribution in [0, 0.1) is 18.8 Å². The molecule has 14 heavy (non-hydrogen) atoms. The maximum Gasteiger partial charge on any atom is 0.126 e. The Kier molecular flexibility index (Phi) is 3.49. The van der Waals surface area contributed by atoms with Crippen molar-refractivity contribution in [3.05, 3.63) is 23.4 Å². The van der Waals surface area contributed by atoms with Gasteiger partial charge < -0.3 is 11.5 Å². The summed E-state index contributed by atoms with van der Waals surface area (Å²) in [7, 11) is 0. The van der Waals surface area contributed by atoms with Crippen LogP contribution in [0.1, 0.15) is 24.5 Å². The van der Waals surface area contributed by atoms with Crippen LogP contribution in [-0.2, 0) is 0 Å². The summed E-state index contributed by atoms with van der Waals surface area (Å²) in [5, 5.41) is 0. The lowest BCUT2D eigenvalue weighted by Gasteiger charge is -1.98. The highest BCUT2D eigenvalue weighted by Crippen LogP contribution is 2.07. The van der Waals surface area contributed by atoms with Crippen molar-refractivity contribution in [3.8, 4) is 11.8 Å². The Bertz CT molecular complexity index is 372. The van der Waals surface area contributed by atoms with E-state index in [1.807, 2.05) is 19.9 Å². The molecule has 1 aromatic rings. The average molecular weight is 189 g/mol. The minimum absolute atomic E-state index is 0.116. The van der Waals surface area contributed by atoms with Crippen LogP contribution in [0.4, 0.5) is 5.82 Å². The molecule has 1 rings (SSSR count). The van der Waals surface area contributed by atoms with Gasteiger partial charge in [-0.25, -0.2) is 4.98 Å². The van der Waals surface area contributed by atoms with Crippen LogP contribution in [0.25, 0.3) is 0 Å². The molecule has 0 radical (unpaired) electrons. The number of aryl methyl sites for hydroxylation is 1. The Morgan fingerprint density at radius 3 is 2.86 bits per heavy atom. The Morgan fingerprint density at radius 1 is 1.57 bits per heavy atom. The summed E-state index contributed by atoms with van der Waals surface area (Å²) in [5.41, 5.74) is 13.0. The minimum atomic E-state index is 0.116.